The van der Waals surface area contributed by atoms with Crippen LogP contribution in [0.2, 0.25) is 0 Å². The molecule has 2 aromatic carbocycles. The van der Waals surface area contributed by atoms with E-state index in [-0.39, 0.29) is 22.9 Å². The number of rotatable bonds is 5. The average Bonchev–Trinajstić information content (AvgIpc) is 2.62. The molecule has 9 heteroatoms. The zero-order valence-corrected chi connectivity index (χ0v) is 13.6. The van der Waals surface area contributed by atoms with Crippen LogP contribution in [-0.4, -0.2) is 15.7 Å². The van der Waals surface area contributed by atoms with Gasteiger partial charge in [-0.3, -0.25) is 14.9 Å². The van der Waals surface area contributed by atoms with Crippen molar-refractivity contribution in [1.29, 1.82) is 0 Å². The van der Waals surface area contributed by atoms with Gasteiger partial charge >= 0.3 is 0 Å². The lowest BCUT2D eigenvalue weighted by molar-refractivity contribution is -0.384. The van der Waals surface area contributed by atoms with Gasteiger partial charge in [0.15, 0.2) is 0 Å². The second-order valence-electron chi connectivity index (χ2n) is 5.48. The number of ketones is 1. The van der Waals surface area contributed by atoms with Crippen molar-refractivity contribution in [3.8, 4) is 0 Å². The summed E-state index contributed by atoms with van der Waals surface area (Å²) in [5.74, 6) is -2.86. The predicted octanol–water partition coefficient (Wildman–Crippen LogP) is 3.82. The lowest BCUT2D eigenvalue weighted by atomic mass is 10.0. The van der Waals surface area contributed by atoms with Crippen LogP contribution in [-0.2, 0) is 0 Å². The third-order valence-corrected chi connectivity index (χ3v) is 3.71. The minimum absolute atomic E-state index is 0.0686. The van der Waals surface area contributed by atoms with Crippen molar-refractivity contribution in [1.82, 2.24) is 4.98 Å². The maximum atomic E-state index is 13.8. The van der Waals surface area contributed by atoms with E-state index in [2.05, 4.69) is 10.3 Å². The highest BCUT2D eigenvalue weighted by Gasteiger charge is 2.21. The fourth-order valence-corrected chi connectivity index (χ4v) is 2.40. The first-order valence-corrected chi connectivity index (χ1v) is 7.63. The number of nitrogens with zero attached hydrogens (tertiary/aromatic N) is 2. The minimum Gasteiger partial charge on any atom is -0.383 e. The van der Waals surface area contributed by atoms with E-state index in [0.717, 1.165) is 18.2 Å². The number of carbonyl (C=O) groups excluding carboxylic acids is 1. The second kappa shape index (κ2) is 7.16. The number of nitrogen functional groups attached to an aromatic ring is 1. The Balaban J connectivity index is 1.85. The first-order chi connectivity index (χ1) is 12.9. The lowest BCUT2D eigenvalue weighted by Crippen LogP contribution is -2.11. The quantitative estimate of drug-likeness (QED) is 0.401. The molecule has 0 spiro atoms. The monoisotopic (exact) mass is 370 g/mol. The molecule has 0 bridgehead atoms. The maximum absolute atomic E-state index is 13.8. The topological polar surface area (TPSA) is 111 Å². The van der Waals surface area contributed by atoms with Gasteiger partial charge in [-0.25, -0.2) is 13.8 Å². The molecule has 0 aliphatic carbocycles. The number of aromatic nitrogens is 1. The Bertz CT molecular complexity index is 1020. The van der Waals surface area contributed by atoms with Crippen molar-refractivity contribution in [2.24, 2.45) is 0 Å². The fourth-order valence-electron chi connectivity index (χ4n) is 2.40. The molecule has 0 saturated carbocycles. The Labute approximate surface area is 151 Å². The molecule has 27 heavy (non-hydrogen) atoms. The molecule has 3 rings (SSSR count). The second-order valence-corrected chi connectivity index (χ2v) is 5.48. The predicted molar refractivity (Wildman–Crippen MR) is 94.8 cm³/mol. The normalized spacial score (nSPS) is 10.4. The number of carbonyl (C=O) groups is 1. The minimum atomic E-state index is -0.993. The van der Waals surface area contributed by atoms with Crippen LogP contribution in [0.15, 0.2) is 54.6 Å². The van der Waals surface area contributed by atoms with E-state index < -0.39 is 27.9 Å². The summed E-state index contributed by atoms with van der Waals surface area (Å²) in [6, 6.07) is 11.4. The molecule has 0 amide bonds. The lowest BCUT2D eigenvalue weighted by Gasteiger charge is -2.10. The fraction of sp³-hybridized carbons (Fsp3) is 0. The van der Waals surface area contributed by atoms with E-state index >= 15 is 0 Å². The molecule has 0 radical (unpaired) electrons. The average molecular weight is 370 g/mol. The summed E-state index contributed by atoms with van der Waals surface area (Å²) >= 11 is 0. The highest BCUT2D eigenvalue weighted by Crippen LogP contribution is 2.24. The SMILES string of the molecule is Nc1nc(Nc2ccc([N+](=O)[O-])cc2)ccc1C(=O)c1c(F)cccc1F. The summed E-state index contributed by atoms with van der Waals surface area (Å²) in [5, 5.41) is 13.5. The molecule has 3 aromatic rings. The van der Waals surface area contributed by atoms with Crippen molar-refractivity contribution in [3.05, 3.63) is 87.5 Å². The Morgan fingerprint density at radius 2 is 1.67 bits per heavy atom. The van der Waals surface area contributed by atoms with Gasteiger partial charge in [-0.15, -0.1) is 0 Å². The zero-order valence-electron chi connectivity index (χ0n) is 13.6. The number of nitrogens with one attached hydrogen (secondary N) is 1. The summed E-state index contributed by atoms with van der Waals surface area (Å²) < 4.78 is 27.6. The first kappa shape index (κ1) is 17.9. The molecule has 0 fully saturated rings. The van der Waals surface area contributed by atoms with Crippen molar-refractivity contribution < 1.29 is 18.5 Å². The van der Waals surface area contributed by atoms with Crippen LogP contribution in [0.5, 0.6) is 0 Å². The third kappa shape index (κ3) is 3.71. The molecule has 0 aliphatic heterocycles. The zero-order chi connectivity index (χ0) is 19.6. The van der Waals surface area contributed by atoms with E-state index in [1.54, 1.807) is 0 Å². The van der Waals surface area contributed by atoms with Crippen LogP contribution in [0, 0.1) is 21.7 Å². The van der Waals surface area contributed by atoms with Gasteiger partial charge in [-0.05, 0) is 36.4 Å². The molecule has 7 nitrogen and oxygen atoms in total. The van der Waals surface area contributed by atoms with E-state index in [1.807, 2.05) is 0 Å². The number of hydrogen-bond acceptors (Lipinski definition) is 6. The van der Waals surface area contributed by atoms with Gasteiger partial charge in [0.1, 0.15) is 23.3 Å². The van der Waals surface area contributed by atoms with E-state index in [4.69, 9.17) is 5.73 Å². The first-order valence-electron chi connectivity index (χ1n) is 7.63. The Kier molecular flexibility index (Phi) is 4.75. The molecule has 0 aliphatic rings. The summed E-state index contributed by atoms with van der Waals surface area (Å²) in [6.45, 7) is 0. The van der Waals surface area contributed by atoms with Gasteiger partial charge in [0.05, 0.1) is 16.1 Å². The standard InChI is InChI=1S/C18H12F2N4O3/c19-13-2-1-3-14(20)16(13)17(25)12-8-9-15(23-18(12)21)22-10-4-6-11(7-5-10)24(26)27/h1-9H,(H3,21,22,23). The number of hydrogen-bond donors (Lipinski definition) is 2. The Morgan fingerprint density at radius 3 is 2.22 bits per heavy atom. The number of nitro benzene ring substituents is 1. The van der Waals surface area contributed by atoms with Crippen molar-refractivity contribution in [2.75, 3.05) is 11.1 Å². The number of nitrogens with two attached hydrogens (primary N) is 1. The van der Waals surface area contributed by atoms with Crippen LogP contribution in [0.4, 0.5) is 31.8 Å². The van der Waals surface area contributed by atoms with Gasteiger partial charge in [0.25, 0.3) is 5.69 Å². The number of pyridine rings is 1. The maximum Gasteiger partial charge on any atom is 0.269 e. The molecule has 0 atom stereocenters. The van der Waals surface area contributed by atoms with E-state index in [1.165, 1.54) is 36.4 Å². The molecule has 0 unspecified atom stereocenters. The van der Waals surface area contributed by atoms with Crippen LogP contribution in [0.3, 0.4) is 0 Å². The number of nitro groups is 1. The number of halogens is 2. The summed E-state index contributed by atoms with van der Waals surface area (Å²) in [6.07, 6.45) is 0. The molecular weight excluding hydrogens is 358 g/mol. The van der Waals surface area contributed by atoms with Gasteiger partial charge in [0, 0.05) is 17.8 Å². The highest BCUT2D eigenvalue weighted by molar-refractivity contribution is 6.12. The largest absolute Gasteiger partial charge is 0.383 e. The number of anilines is 3. The molecule has 3 N–H and O–H groups in total. The molecule has 1 aromatic heterocycles. The van der Waals surface area contributed by atoms with Crippen LogP contribution < -0.4 is 11.1 Å². The highest BCUT2D eigenvalue weighted by atomic mass is 19.1. The van der Waals surface area contributed by atoms with Crippen molar-refractivity contribution >= 4 is 28.8 Å². The molecule has 0 saturated heterocycles. The van der Waals surface area contributed by atoms with Crippen molar-refractivity contribution in [3.63, 3.8) is 0 Å². The van der Waals surface area contributed by atoms with Gasteiger partial charge < -0.3 is 11.1 Å². The smallest absolute Gasteiger partial charge is 0.269 e. The molecule has 136 valence electrons. The molecular formula is C18H12F2N4O3. The third-order valence-electron chi connectivity index (χ3n) is 3.71. The molecule has 1 heterocycles. The van der Waals surface area contributed by atoms with Crippen LogP contribution in [0.25, 0.3) is 0 Å². The van der Waals surface area contributed by atoms with Gasteiger partial charge in [-0.2, -0.15) is 0 Å². The summed E-state index contributed by atoms with van der Waals surface area (Å²) in [5.41, 5.74) is 5.36. The van der Waals surface area contributed by atoms with Crippen LogP contribution >= 0.6 is 0 Å². The van der Waals surface area contributed by atoms with Crippen LogP contribution in [0.1, 0.15) is 15.9 Å². The Hall–Kier alpha value is -3.88. The number of non-ortho nitro benzene ring substituents is 1. The van der Waals surface area contributed by atoms with E-state index in [9.17, 15) is 23.7 Å². The summed E-state index contributed by atoms with van der Waals surface area (Å²) in [7, 11) is 0. The Morgan fingerprint density at radius 1 is 1.04 bits per heavy atom. The number of benzene rings is 2. The van der Waals surface area contributed by atoms with Gasteiger partial charge in [-0.1, -0.05) is 6.07 Å². The van der Waals surface area contributed by atoms with Gasteiger partial charge in [0.2, 0.25) is 5.78 Å². The summed E-state index contributed by atoms with van der Waals surface area (Å²) in [4.78, 5) is 26.5. The van der Waals surface area contributed by atoms with E-state index in [0.29, 0.717) is 5.69 Å². The van der Waals surface area contributed by atoms with Crippen molar-refractivity contribution in [2.45, 2.75) is 0 Å².